The Morgan fingerprint density at radius 2 is 2.07 bits per heavy atom. The summed E-state index contributed by atoms with van der Waals surface area (Å²) in [5.41, 5.74) is 2.13. The summed E-state index contributed by atoms with van der Waals surface area (Å²) in [7, 11) is 0. The fraction of sp³-hybridized carbons (Fsp3) is 0.273. The van der Waals surface area contributed by atoms with E-state index in [2.05, 4.69) is 16.3 Å². The molecule has 0 fully saturated rings. The van der Waals surface area contributed by atoms with Gasteiger partial charge < -0.3 is 0 Å². The fourth-order valence-corrected chi connectivity index (χ4v) is 1.72. The van der Waals surface area contributed by atoms with Gasteiger partial charge in [-0.3, -0.25) is 9.67 Å². The highest BCUT2D eigenvalue weighted by Gasteiger charge is 2.00. The molecule has 0 aliphatic rings. The molecular weight excluding hydrogens is 206 g/mol. The Bertz CT molecular complexity index is 411. The van der Waals surface area contributed by atoms with Crippen molar-refractivity contribution < 1.29 is 0 Å². The highest BCUT2D eigenvalue weighted by molar-refractivity contribution is 7.98. The Balaban J connectivity index is 2.14. The monoisotopic (exact) mass is 219 g/mol. The Hall–Kier alpha value is -1.29. The van der Waals surface area contributed by atoms with E-state index in [1.165, 1.54) is 0 Å². The average molecular weight is 219 g/mol. The van der Waals surface area contributed by atoms with Crippen molar-refractivity contribution in [2.75, 3.05) is 12.0 Å². The van der Waals surface area contributed by atoms with Crippen LogP contribution in [0.2, 0.25) is 0 Å². The van der Waals surface area contributed by atoms with Gasteiger partial charge in [-0.15, -0.1) is 0 Å². The quantitative estimate of drug-likeness (QED) is 0.790. The van der Waals surface area contributed by atoms with Gasteiger partial charge in [0.2, 0.25) is 0 Å². The smallest absolute Gasteiger partial charge is 0.0924 e. The molecule has 0 amide bonds. The van der Waals surface area contributed by atoms with Gasteiger partial charge in [-0.1, -0.05) is 0 Å². The highest BCUT2D eigenvalue weighted by Crippen LogP contribution is 2.14. The van der Waals surface area contributed by atoms with Gasteiger partial charge in [0.05, 0.1) is 5.69 Å². The maximum atomic E-state index is 4.49. The maximum absolute atomic E-state index is 4.49. The van der Waals surface area contributed by atoms with Crippen molar-refractivity contribution in [2.24, 2.45) is 0 Å². The lowest BCUT2D eigenvalue weighted by Crippen LogP contribution is -2.00. The SMILES string of the molecule is CSCCn1ccc(-c2ccncc2)n1. The maximum Gasteiger partial charge on any atom is 0.0924 e. The van der Waals surface area contributed by atoms with Crippen molar-refractivity contribution in [3.63, 3.8) is 0 Å². The van der Waals surface area contributed by atoms with Crippen LogP contribution < -0.4 is 0 Å². The number of hydrogen-bond donors (Lipinski definition) is 0. The molecule has 0 radical (unpaired) electrons. The van der Waals surface area contributed by atoms with E-state index in [1.54, 1.807) is 12.4 Å². The van der Waals surface area contributed by atoms with Gasteiger partial charge in [-0.2, -0.15) is 16.9 Å². The lowest BCUT2D eigenvalue weighted by Gasteiger charge is -1.98. The first kappa shape index (κ1) is 10.2. The molecule has 2 aromatic rings. The molecule has 0 aliphatic heterocycles. The summed E-state index contributed by atoms with van der Waals surface area (Å²) < 4.78 is 1.98. The first-order valence-electron chi connectivity index (χ1n) is 4.83. The number of rotatable bonds is 4. The molecule has 0 N–H and O–H groups in total. The van der Waals surface area contributed by atoms with Crippen LogP contribution in [0.5, 0.6) is 0 Å². The Morgan fingerprint density at radius 3 is 2.80 bits per heavy atom. The van der Waals surface area contributed by atoms with E-state index in [4.69, 9.17) is 0 Å². The van der Waals surface area contributed by atoms with E-state index in [0.29, 0.717) is 0 Å². The number of aryl methyl sites for hydroxylation is 1. The number of thioether (sulfide) groups is 1. The lowest BCUT2D eigenvalue weighted by molar-refractivity contribution is 0.669. The van der Waals surface area contributed by atoms with E-state index < -0.39 is 0 Å². The first-order chi connectivity index (χ1) is 7.40. The second kappa shape index (κ2) is 4.98. The third kappa shape index (κ3) is 2.59. The minimum Gasteiger partial charge on any atom is -0.271 e. The average Bonchev–Trinajstić information content (AvgIpc) is 2.76. The largest absolute Gasteiger partial charge is 0.271 e. The minimum atomic E-state index is 0.965. The molecule has 0 aromatic carbocycles. The first-order valence-corrected chi connectivity index (χ1v) is 6.22. The summed E-state index contributed by atoms with van der Waals surface area (Å²) in [5.74, 6) is 1.09. The summed E-state index contributed by atoms with van der Waals surface area (Å²) >= 11 is 1.83. The van der Waals surface area contributed by atoms with Gasteiger partial charge in [-0.05, 0) is 24.5 Å². The molecule has 0 saturated carbocycles. The van der Waals surface area contributed by atoms with Gasteiger partial charge in [-0.25, -0.2) is 0 Å². The molecule has 0 unspecified atom stereocenters. The van der Waals surface area contributed by atoms with Crippen LogP contribution >= 0.6 is 11.8 Å². The van der Waals surface area contributed by atoms with Gasteiger partial charge in [0.25, 0.3) is 0 Å². The predicted molar refractivity (Wildman–Crippen MR) is 63.8 cm³/mol. The van der Waals surface area contributed by atoms with Crippen LogP contribution in [0, 0.1) is 0 Å². The van der Waals surface area contributed by atoms with Crippen LogP contribution in [-0.2, 0) is 6.54 Å². The normalized spacial score (nSPS) is 10.5. The van der Waals surface area contributed by atoms with E-state index in [1.807, 2.05) is 40.8 Å². The molecule has 0 spiro atoms. The predicted octanol–water partition coefficient (Wildman–Crippen LogP) is 2.31. The summed E-state index contributed by atoms with van der Waals surface area (Å²) in [4.78, 5) is 3.99. The van der Waals surface area contributed by atoms with E-state index in [-0.39, 0.29) is 0 Å². The van der Waals surface area contributed by atoms with Crippen molar-refractivity contribution >= 4 is 11.8 Å². The third-order valence-corrected chi connectivity index (χ3v) is 2.73. The molecular formula is C11H13N3S. The lowest BCUT2D eigenvalue weighted by atomic mass is 10.2. The molecule has 0 bridgehead atoms. The molecule has 0 atom stereocenters. The van der Waals surface area contributed by atoms with Gasteiger partial charge in [0, 0.05) is 36.5 Å². The van der Waals surface area contributed by atoms with Crippen molar-refractivity contribution in [2.45, 2.75) is 6.54 Å². The van der Waals surface area contributed by atoms with Crippen LogP contribution in [0.3, 0.4) is 0 Å². The van der Waals surface area contributed by atoms with Crippen LogP contribution in [0.4, 0.5) is 0 Å². The number of nitrogens with zero attached hydrogens (tertiary/aromatic N) is 3. The number of aromatic nitrogens is 3. The van der Waals surface area contributed by atoms with Crippen LogP contribution in [0.1, 0.15) is 0 Å². The zero-order valence-corrected chi connectivity index (χ0v) is 9.44. The van der Waals surface area contributed by atoms with Gasteiger partial charge >= 0.3 is 0 Å². The van der Waals surface area contributed by atoms with Gasteiger partial charge in [0.15, 0.2) is 0 Å². The minimum absolute atomic E-state index is 0.965. The molecule has 2 aromatic heterocycles. The zero-order chi connectivity index (χ0) is 10.5. The van der Waals surface area contributed by atoms with Crippen molar-refractivity contribution in [1.29, 1.82) is 0 Å². The molecule has 3 nitrogen and oxygen atoms in total. The van der Waals surface area contributed by atoms with Crippen LogP contribution in [0.25, 0.3) is 11.3 Å². The molecule has 2 rings (SSSR count). The second-order valence-electron chi connectivity index (χ2n) is 3.19. The Kier molecular flexibility index (Phi) is 3.40. The summed E-state index contributed by atoms with van der Waals surface area (Å²) in [6.07, 6.45) is 7.70. The van der Waals surface area contributed by atoms with E-state index in [9.17, 15) is 0 Å². The summed E-state index contributed by atoms with van der Waals surface area (Å²) in [5, 5.41) is 4.49. The molecule has 78 valence electrons. The zero-order valence-electron chi connectivity index (χ0n) is 8.63. The van der Waals surface area contributed by atoms with E-state index >= 15 is 0 Å². The summed E-state index contributed by atoms with van der Waals surface area (Å²) in [6, 6.07) is 5.98. The second-order valence-corrected chi connectivity index (χ2v) is 4.18. The number of pyridine rings is 1. The van der Waals surface area contributed by atoms with Crippen molar-refractivity contribution in [3.05, 3.63) is 36.8 Å². The Labute approximate surface area is 93.5 Å². The molecule has 15 heavy (non-hydrogen) atoms. The van der Waals surface area contributed by atoms with Crippen molar-refractivity contribution in [3.8, 4) is 11.3 Å². The third-order valence-electron chi connectivity index (χ3n) is 2.14. The number of hydrogen-bond acceptors (Lipinski definition) is 3. The molecule has 0 aliphatic carbocycles. The Morgan fingerprint density at radius 1 is 1.27 bits per heavy atom. The van der Waals surface area contributed by atoms with Crippen LogP contribution in [-0.4, -0.2) is 26.8 Å². The van der Waals surface area contributed by atoms with Crippen molar-refractivity contribution in [1.82, 2.24) is 14.8 Å². The van der Waals surface area contributed by atoms with Crippen LogP contribution in [0.15, 0.2) is 36.8 Å². The standard InChI is InChI=1S/C11H13N3S/c1-15-9-8-14-7-4-11(13-14)10-2-5-12-6-3-10/h2-7H,8-9H2,1H3. The topological polar surface area (TPSA) is 30.7 Å². The molecule has 0 saturated heterocycles. The molecule has 2 heterocycles. The van der Waals surface area contributed by atoms with Gasteiger partial charge in [0.1, 0.15) is 0 Å². The molecule has 4 heteroatoms. The highest BCUT2D eigenvalue weighted by atomic mass is 32.2. The summed E-state index contributed by atoms with van der Waals surface area (Å²) in [6.45, 7) is 0.965. The van der Waals surface area contributed by atoms with E-state index in [0.717, 1.165) is 23.6 Å². The fourth-order valence-electron chi connectivity index (χ4n) is 1.35.